The molecule has 0 aromatic carbocycles. The van der Waals surface area contributed by atoms with Crippen molar-refractivity contribution in [3.05, 3.63) is 17.5 Å². The Labute approximate surface area is 122 Å². The first-order valence-corrected chi connectivity index (χ1v) is 7.77. The number of hydrogen-bond donors (Lipinski definition) is 2. The van der Waals surface area contributed by atoms with Crippen molar-refractivity contribution in [2.24, 2.45) is 0 Å². The third-order valence-electron chi connectivity index (χ3n) is 3.87. The van der Waals surface area contributed by atoms with Crippen molar-refractivity contribution in [1.29, 1.82) is 0 Å². The van der Waals surface area contributed by atoms with Crippen LogP contribution in [0.25, 0.3) is 0 Å². The van der Waals surface area contributed by atoms with Gasteiger partial charge in [0.15, 0.2) is 0 Å². The molecule has 1 aromatic rings. The minimum Gasteiger partial charge on any atom is -0.390 e. The molecule has 0 spiro atoms. The molecule has 0 amide bonds. The van der Waals surface area contributed by atoms with Crippen molar-refractivity contribution in [2.45, 2.75) is 45.8 Å². The smallest absolute Gasteiger partial charge is 0.0791 e. The number of hydrogen-bond acceptors (Lipinski definition) is 4. The van der Waals surface area contributed by atoms with Gasteiger partial charge in [0.05, 0.1) is 11.8 Å². The molecule has 2 N–H and O–H groups in total. The number of likely N-dealkylation sites (tertiary alicyclic amines) is 1. The van der Waals surface area contributed by atoms with Crippen molar-refractivity contribution in [2.75, 3.05) is 32.7 Å². The van der Waals surface area contributed by atoms with Crippen LogP contribution in [-0.4, -0.2) is 58.6 Å². The lowest BCUT2D eigenvalue weighted by Crippen LogP contribution is -2.37. The summed E-state index contributed by atoms with van der Waals surface area (Å²) in [6.07, 6.45) is 3.35. The van der Waals surface area contributed by atoms with E-state index in [0.29, 0.717) is 6.54 Å². The van der Waals surface area contributed by atoms with Crippen LogP contribution < -0.4 is 5.32 Å². The van der Waals surface area contributed by atoms with Gasteiger partial charge in [0, 0.05) is 25.3 Å². The molecule has 1 atom stereocenters. The molecule has 0 radical (unpaired) electrons. The van der Waals surface area contributed by atoms with Crippen LogP contribution in [0.5, 0.6) is 0 Å². The van der Waals surface area contributed by atoms with Crippen molar-refractivity contribution in [1.82, 2.24) is 20.0 Å². The molecule has 1 aliphatic rings. The third-order valence-corrected chi connectivity index (χ3v) is 3.87. The molecule has 2 rings (SSSR count). The molecule has 1 unspecified atom stereocenters. The quantitative estimate of drug-likeness (QED) is 0.696. The second-order valence-electron chi connectivity index (χ2n) is 5.87. The fourth-order valence-electron chi connectivity index (χ4n) is 2.85. The summed E-state index contributed by atoms with van der Waals surface area (Å²) in [6, 6.07) is 2.10. The molecule has 114 valence electrons. The van der Waals surface area contributed by atoms with Crippen LogP contribution in [-0.2, 0) is 6.54 Å². The molecule has 0 bridgehead atoms. The van der Waals surface area contributed by atoms with Crippen molar-refractivity contribution in [3.63, 3.8) is 0 Å². The summed E-state index contributed by atoms with van der Waals surface area (Å²) in [5, 5.41) is 17.7. The van der Waals surface area contributed by atoms with Gasteiger partial charge in [-0.1, -0.05) is 0 Å². The van der Waals surface area contributed by atoms with Gasteiger partial charge >= 0.3 is 0 Å². The highest BCUT2D eigenvalue weighted by Crippen LogP contribution is 2.07. The normalized spacial score (nSPS) is 17.8. The fourth-order valence-corrected chi connectivity index (χ4v) is 2.85. The molecule has 5 heteroatoms. The maximum absolute atomic E-state index is 9.95. The van der Waals surface area contributed by atoms with E-state index in [1.165, 1.54) is 18.5 Å². The van der Waals surface area contributed by atoms with Gasteiger partial charge in [-0.2, -0.15) is 5.10 Å². The topological polar surface area (TPSA) is 53.3 Å². The first-order chi connectivity index (χ1) is 9.65. The number of aliphatic hydroxyl groups excluding tert-OH is 1. The summed E-state index contributed by atoms with van der Waals surface area (Å²) in [5.41, 5.74) is 2.30. The summed E-state index contributed by atoms with van der Waals surface area (Å²) < 4.78 is 2.05. The lowest BCUT2D eigenvalue weighted by Gasteiger charge is -2.19. The number of β-amino-alcohol motifs (C(OH)–C–C–N with tert-alkyl or cyclic N) is 1. The Bertz CT molecular complexity index is 399. The van der Waals surface area contributed by atoms with E-state index in [2.05, 4.69) is 33.0 Å². The zero-order chi connectivity index (χ0) is 14.4. The third kappa shape index (κ3) is 4.89. The summed E-state index contributed by atoms with van der Waals surface area (Å²) in [7, 11) is 0. The van der Waals surface area contributed by atoms with Crippen LogP contribution in [0, 0.1) is 13.8 Å². The van der Waals surface area contributed by atoms with E-state index in [0.717, 1.165) is 44.8 Å². The lowest BCUT2D eigenvalue weighted by atomic mass is 10.3. The van der Waals surface area contributed by atoms with Crippen molar-refractivity contribution >= 4 is 0 Å². The van der Waals surface area contributed by atoms with E-state index < -0.39 is 0 Å². The Hall–Kier alpha value is -0.910. The van der Waals surface area contributed by atoms with Crippen molar-refractivity contribution in [3.8, 4) is 0 Å². The number of nitrogens with one attached hydrogen (secondary N) is 1. The van der Waals surface area contributed by atoms with Crippen LogP contribution >= 0.6 is 0 Å². The average Bonchev–Trinajstić information content (AvgIpc) is 2.99. The molecule has 5 nitrogen and oxygen atoms in total. The molecule has 1 saturated heterocycles. The van der Waals surface area contributed by atoms with E-state index in [1.807, 2.05) is 6.92 Å². The van der Waals surface area contributed by atoms with E-state index in [1.54, 1.807) is 0 Å². The summed E-state index contributed by atoms with van der Waals surface area (Å²) >= 11 is 0. The van der Waals surface area contributed by atoms with Gasteiger partial charge in [-0.25, -0.2) is 0 Å². The molecule has 1 aromatic heterocycles. The summed E-state index contributed by atoms with van der Waals surface area (Å²) in [4.78, 5) is 2.35. The van der Waals surface area contributed by atoms with Crippen molar-refractivity contribution < 1.29 is 5.11 Å². The van der Waals surface area contributed by atoms with E-state index in [4.69, 9.17) is 0 Å². The maximum Gasteiger partial charge on any atom is 0.0791 e. The van der Waals surface area contributed by atoms with Crippen LogP contribution in [0.1, 0.15) is 30.7 Å². The number of aromatic nitrogens is 2. The van der Waals surface area contributed by atoms with Crippen LogP contribution in [0.15, 0.2) is 6.07 Å². The molecule has 2 heterocycles. The van der Waals surface area contributed by atoms with Gasteiger partial charge in [0.1, 0.15) is 0 Å². The number of aliphatic hydroxyl groups is 1. The summed E-state index contributed by atoms with van der Waals surface area (Å²) in [6.45, 7) is 9.77. The fraction of sp³-hybridized carbons (Fsp3) is 0.800. The predicted molar refractivity (Wildman–Crippen MR) is 80.9 cm³/mol. The lowest BCUT2D eigenvalue weighted by molar-refractivity contribution is 0.123. The van der Waals surface area contributed by atoms with Gasteiger partial charge in [0.2, 0.25) is 0 Å². The molecular formula is C15H28N4O. The number of aryl methyl sites for hydroxylation is 3. The first kappa shape index (κ1) is 15.5. The zero-order valence-corrected chi connectivity index (χ0v) is 12.8. The van der Waals surface area contributed by atoms with Crippen LogP contribution in [0.3, 0.4) is 0 Å². The van der Waals surface area contributed by atoms with Gasteiger partial charge in [-0.05, 0) is 58.8 Å². The Morgan fingerprint density at radius 1 is 1.35 bits per heavy atom. The Kier molecular flexibility index (Phi) is 6.01. The Balaban J connectivity index is 1.53. The highest BCUT2D eigenvalue weighted by atomic mass is 16.3. The average molecular weight is 280 g/mol. The highest BCUT2D eigenvalue weighted by Gasteiger charge is 2.15. The molecule has 1 aliphatic heterocycles. The van der Waals surface area contributed by atoms with Gasteiger partial charge in [-0.3, -0.25) is 4.68 Å². The molecule has 1 fully saturated rings. The Morgan fingerprint density at radius 3 is 2.75 bits per heavy atom. The molecular weight excluding hydrogens is 252 g/mol. The first-order valence-electron chi connectivity index (χ1n) is 7.77. The van der Waals surface area contributed by atoms with Crippen LogP contribution in [0.2, 0.25) is 0 Å². The molecule has 0 aliphatic carbocycles. The number of nitrogens with zero attached hydrogens (tertiary/aromatic N) is 3. The van der Waals surface area contributed by atoms with Crippen LogP contribution in [0.4, 0.5) is 0 Å². The largest absolute Gasteiger partial charge is 0.390 e. The zero-order valence-electron chi connectivity index (χ0n) is 12.8. The monoisotopic (exact) mass is 280 g/mol. The SMILES string of the molecule is Cc1cc(C)n(CCCNCC(O)CN2CCCC2)n1. The minimum atomic E-state index is -0.248. The standard InChI is InChI=1S/C15H28N4O/c1-13-10-14(2)19(17-13)9-5-6-16-11-15(20)12-18-7-3-4-8-18/h10,15-16,20H,3-9,11-12H2,1-2H3. The maximum atomic E-state index is 9.95. The number of rotatable bonds is 8. The second kappa shape index (κ2) is 7.76. The second-order valence-corrected chi connectivity index (χ2v) is 5.87. The van der Waals surface area contributed by atoms with E-state index in [-0.39, 0.29) is 6.10 Å². The summed E-state index contributed by atoms with van der Waals surface area (Å²) in [5.74, 6) is 0. The highest BCUT2D eigenvalue weighted by molar-refractivity contribution is 5.06. The van der Waals surface area contributed by atoms with Gasteiger partial charge in [0.25, 0.3) is 0 Å². The van der Waals surface area contributed by atoms with E-state index >= 15 is 0 Å². The predicted octanol–water partition coefficient (Wildman–Crippen LogP) is 0.936. The van der Waals surface area contributed by atoms with E-state index in [9.17, 15) is 5.11 Å². The van der Waals surface area contributed by atoms with Gasteiger partial charge in [-0.15, -0.1) is 0 Å². The van der Waals surface area contributed by atoms with Gasteiger partial charge < -0.3 is 15.3 Å². The molecule has 0 saturated carbocycles. The Morgan fingerprint density at radius 2 is 2.10 bits per heavy atom. The minimum absolute atomic E-state index is 0.248. The molecule has 20 heavy (non-hydrogen) atoms.